The molecule has 1 spiro atoms. The maximum Gasteiger partial charge on any atom is 0.313 e. The molecule has 1 aromatic heterocycles. The van der Waals surface area contributed by atoms with E-state index in [1.165, 1.54) is 12.0 Å². The molecular formula is C36H40N6O8. The fourth-order valence-corrected chi connectivity index (χ4v) is 7.75. The maximum atomic E-state index is 14.7. The molecule has 4 aliphatic rings. The number of rotatable bonds is 7. The molecular weight excluding hydrogens is 644 g/mol. The van der Waals surface area contributed by atoms with Crippen LogP contribution < -0.4 is 5.32 Å². The normalized spacial score (nSPS) is 31.2. The van der Waals surface area contributed by atoms with Crippen LogP contribution in [-0.4, -0.2) is 110 Å². The SMILES string of the molecule is COC[C@@H]1NC(=O)CC/C=C\[C@@H]2O[C@@]34C=CCN(Cn5nnc6ccccc65)C(=O)[C@@H]3N([C@H](C)CO)C(=O)[C@H]4[C@@H]2C(=O)O[C@H]1c1ccccc1. The third-order valence-electron chi connectivity index (χ3n) is 10.0. The van der Waals surface area contributed by atoms with E-state index in [0.29, 0.717) is 17.5 Å². The summed E-state index contributed by atoms with van der Waals surface area (Å²) in [7, 11) is 1.50. The molecule has 8 atom stereocenters. The first-order valence-corrected chi connectivity index (χ1v) is 16.8. The Hall–Kier alpha value is -4.92. The monoisotopic (exact) mass is 684 g/mol. The summed E-state index contributed by atoms with van der Waals surface area (Å²) in [4.78, 5) is 59.8. The zero-order valence-electron chi connectivity index (χ0n) is 27.8. The van der Waals surface area contributed by atoms with Crippen molar-refractivity contribution >= 4 is 34.7 Å². The molecule has 262 valence electrons. The van der Waals surface area contributed by atoms with Crippen molar-refractivity contribution in [3.05, 3.63) is 84.5 Å². The third kappa shape index (κ3) is 5.76. The van der Waals surface area contributed by atoms with E-state index in [9.17, 15) is 24.3 Å². The fourth-order valence-electron chi connectivity index (χ4n) is 7.75. The lowest BCUT2D eigenvalue weighted by Crippen LogP contribution is -2.57. The van der Waals surface area contributed by atoms with Gasteiger partial charge in [0.25, 0.3) is 5.91 Å². The van der Waals surface area contributed by atoms with Crippen LogP contribution in [0.1, 0.15) is 31.4 Å². The summed E-state index contributed by atoms with van der Waals surface area (Å²) in [5.74, 6) is -4.16. The molecule has 0 aliphatic carbocycles. The standard InChI is InChI=1S/C36H40N6O8/c1-22(19-43)42-32-34(46)40(21-41-26-14-7-6-13-24(26)38-39-41)18-10-17-36(32)30(33(42)45)29-27(50-36)15-8-9-16-28(44)37-25(20-48-2)31(49-35(29)47)23-11-4-3-5-12-23/h3-8,10-15,17,22,25,27,29-32,43H,9,16,18-21H2,1-2H3,(H,37,44)/b15-8-/t22-,25+,27+,29-,30-,31+,32+,36-/m1/s1. The number of cyclic esters (lactones) is 1. The van der Waals surface area contributed by atoms with Crippen molar-refractivity contribution in [3.8, 4) is 0 Å². The summed E-state index contributed by atoms with van der Waals surface area (Å²) in [6, 6.07) is 13.7. The molecule has 0 radical (unpaired) electrons. The van der Waals surface area contributed by atoms with Crippen LogP contribution in [0.4, 0.5) is 0 Å². The van der Waals surface area contributed by atoms with Crippen molar-refractivity contribution in [2.45, 2.75) is 62.4 Å². The Morgan fingerprint density at radius 1 is 1.06 bits per heavy atom. The summed E-state index contributed by atoms with van der Waals surface area (Å²) < 4.78 is 20.1. The van der Waals surface area contributed by atoms with E-state index >= 15 is 0 Å². The zero-order chi connectivity index (χ0) is 35.0. The molecule has 2 fully saturated rings. The van der Waals surface area contributed by atoms with Crippen molar-refractivity contribution in [1.82, 2.24) is 30.1 Å². The number of aromatic nitrogens is 3. The highest BCUT2D eigenvalue weighted by molar-refractivity contribution is 5.99. The van der Waals surface area contributed by atoms with Gasteiger partial charge in [0.15, 0.2) is 0 Å². The molecule has 14 nitrogen and oxygen atoms in total. The predicted octanol–water partition coefficient (Wildman–Crippen LogP) is 1.51. The van der Waals surface area contributed by atoms with Gasteiger partial charge in [-0.15, -0.1) is 5.10 Å². The van der Waals surface area contributed by atoms with Crippen molar-refractivity contribution in [2.24, 2.45) is 11.8 Å². The average molecular weight is 685 g/mol. The van der Waals surface area contributed by atoms with Gasteiger partial charge in [-0.1, -0.05) is 72.0 Å². The highest BCUT2D eigenvalue weighted by Crippen LogP contribution is 2.54. The molecule has 0 bridgehead atoms. The number of amides is 3. The molecule has 7 rings (SSSR count). The van der Waals surface area contributed by atoms with E-state index in [1.54, 1.807) is 65.1 Å². The Morgan fingerprint density at radius 3 is 2.62 bits per heavy atom. The largest absolute Gasteiger partial charge is 0.455 e. The number of carbonyl (C=O) groups is 4. The molecule has 3 aromatic rings. The fraction of sp³-hybridized carbons (Fsp3) is 0.444. The number of allylic oxidation sites excluding steroid dienone is 1. The molecule has 0 saturated carbocycles. The minimum Gasteiger partial charge on any atom is -0.455 e. The van der Waals surface area contributed by atoms with Crippen molar-refractivity contribution in [3.63, 3.8) is 0 Å². The number of aliphatic hydroxyl groups excluding tert-OH is 1. The van der Waals surface area contributed by atoms with E-state index in [-0.39, 0.29) is 32.1 Å². The Labute approximate surface area is 288 Å². The smallest absolute Gasteiger partial charge is 0.313 e. The maximum absolute atomic E-state index is 14.7. The van der Waals surface area contributed by atoms with Crippen LogP contribution in [0.2, 0.25) is 0 Å². The number of aliphatic hydroxyl groups is 1. The molecule has 2 aromatic carbocycles. The summed E-state index contributed by atoms with van der Waals surface area (Å²) in [5.41, 5.74) is 0.482. The van der Waals surface area contributed by atoms with Crippen LogP contribution in [0.5, 0.6) is 0 Å². The summed E-state index contributed by atoms with van der Waals surface area (Å²) in [6.45, 7) is 1.52. The van der Waals surface area contributed by atoms with Crippen LogP contribution in [0.15, 0.2) is 78.9 Å². The highest BCUT2D eigenvalue weighted by Gasteiger charge is 2.72. The quantitative estimate of drug-likeness (QED) is 0.275. The number of fused-ring (bicyclic) bond motifs is 3. The van der Waals surface area contributed by atoms with Crippen molar-refractivity contribution in [2.75, 3.05) is 26.9 Å². The van der Waals surface area contributed by atoms with Gasteiger partial charge in [0.05, 0.1) is 42.8 Å². The molecule has 0 unspecified atom stereocenters. The summed E-state index contributed by atoms with van der Waals surface area (Å²) in [6.07, 6.45) is 5.54. The zero-order valence-corrected chi connectivity index (χ0v) is 27.8. The second-order valence-electron chi connectivity index (χ2n) is 13.2. The Balaban J connectivity index is 1.29. The average Bonchev–Trinajstić information content (AvgIpc) is 3.72. The number of para-hydroxylation sites is 1. The minimum atomic E-state index is -1.56. The molecule has 5 heterocycles. The van der Waals surface area contributed by atoms with E-state index in [4.69, 9.17) is 14.2 Å². The second-order valence-corrected chi connectivity index (χ2v) is 13.2. The van der Waals surface area contributed by atoms with Gasteiger partial charge >= 0.3 is 5.97 Å². The number of hydrogen-bond acceptors (Lipinski definition) is 10. The number of methoxy groups -OCH3 is 1. The summed E-state index contributed by atoms with van der Waals surface area (Å²) in [5, 5.41) is 21.8. The van der Waals surface area contributed by atoms with E-state index in [2.05, 4.69) is 15.6 Å². The number of likely N-dealkylation sites (tertiary alicyclic amines) is 1. The number of nitrogens with zero attached hydrogens (tertiary/aromatic N) is 5. The van der Waals surface area contributed by atoms with E-state index in [1.807, 2.05) is 30.3 Å². The van der Waals surface area contributed by atoms with Crippen LogP contribution in [0.3, 0.4) is 0 Å². The highest BCUT2D eigenvalue weighted by atomic mass is 16.6. The number of ether oxygens (including phenoxy) is 3. The van der Waals surface area contributed by atoms with Gasteiger partial charge in [-0.25, -0.2) is 4.68 Å². The third-order valence-corrected chi connectivity index (χ3v) is 10.0. The van der Waals surface area contributed by atoms with Gasteiger partial charge in [-0.2, -0.15) is 0 Å². The lowest BCUT2D eigenvalue weighted by molar-refractivity contribution is -0.163. The number of hydrogen-bond donors (Lipinski definition) is 2. The summed E-state index contributed by atoms with van der Waals surface area (Å²) >= 11 is 0. The van der Waals surface area contributed by atoms with E-state index in [0.717, 1.165) is 5.52 Å². The van der Waals surface area contributed by atoms with Gasteiger partial charge in [0.2, 0.25) is 11.8 Å². The minimum absolute atomic E-state index is 0.0476. The van der Waals surface area contributed by atoms with Gasteiger partial charge in [-0.05, 0) is 31.0 Å². The van der Waals surface area contributed by atoms with Gasteiger partial charge < -0.3 is 34.4 Å². The first-order valence-electron chi connectivity index (χ1n) is 16.8. The van der Waals surface area contributed by atoms with Crippen LogP contribution in [0, 0.1) is 11.8 Å². The molecule has 2 saturated heterocycles. The lowest BCUT2D eigenvalue weighted by Gasteiger charge is -2.37. The van der Waals surface area contributed by atoms with Crippen molar-refractivity contribution < 1.29 is 38.5 Å². The lowest BCUT2D eigenvalue weighted by atomic mass is 9.77. The molecule has 2 N–H and O–H groups in total. The Kier molecular flexibility index (Phi) is 9.24. The Morgan fingerprint density at radius 2 is 1.84 bits per heavy atom. The second kappa shape index (κ2) is 13.8. The van der Waals surface area contributed by atoms with Gasteiger partial charge in [0.1, 0.15) is 35.9 Å². The van der Waals surface area contributed by atoms with Crippen LogP contribution in [-0.2, 0) is 40.1 Å². The number of nitrogens with one attached hydrogen (secondary N) is 1. The topological polar surface area (TPSA) is 165 Å². The molecule has 50 heavy (non-hydrogen) atoms. The predicted molar refractivity (Wildman–Crippen MR) is 178 cm³/mol. The van der Waals surface area contributed by atoms with Gasteiger partial charge in [0, 0.05) is 20.1 Å². The van der Waals surface area contributed by atoms with Crippen LogP contribution >= 0.6 is 0 Å². The van der Waals surface area contributed by atoms with Crippen molar-refractivity contribution in [1.29, 1.82) is 0 Å². The molecule has 3 amide bonds. The molecule has 14 heteroatoms. The molecule has 4 aliphatic heterocycles. The number of esters is 1. The number of benzene rings is 2. The number of carbonyl (C=O) groups excluding carboxylic acids is 4. The van der Waals surface area contributed by atoms with Crippen LogP contribution in [0.25, 0.3) is 11.0 Å². The van der Waals surface area contributed by atoms with Gasteiger partial charge in [-0.3, -0.25) is 19.2 Å². The first-order chi connectivity index (χ1) is 24.3. The van der Waals surface area contributed by atoms with E-state index < -0.39 is 72.2 Å². The Bertz CT molecular complexity index is 1830. The first kappa shape index (κ1) is 33.6.